The summed E-state index contributed by atoms with van der Waals surface area (Å²) in [5.74, 6) is 0.878. The van der Waals surface area contributed by atoms with E-state index in [1.165, 1.54) is 54.9 Å². The van der Waals surface area contributed by atoms with Crippen LogP contribution in [0, 0.1) is 0 Å². The van der Waals surface area contributed by atoms with Crippen LogP contribution in [0.5, 0.6) is 0 Å². The SMILES string of the molecule is c1ccc(-c2c(-c3cccc(-c4ccc(N(c5ccc(-c6ccc(-c7cccc8ccccc78)cc6)cc5)c5ccc(-c6cccc7ccccc67)cc5)cc4)c3)oc3ccccc23)cc1. The molecule has 0 N–H and O–H groups in total. The summed E-state index contributed by atoms with van der Waals surface area (Å²) in [7, 11) is 0. The van der Waals surface area contributed by atoms with E-state index in [0.29, 0.717) is 0 Å². The molecule has 0 amide bonds. The zero-order valence-electron chi connectivity index (χ0n) is 36.2. The molecule has 2 heteroatoms. The lowest BCUT2D eigenvalue weighted by Gasteiger charge is -2.26. The van der Waals surface area contributed by atoms with E-state index < -0.39 is 0 Å². The van der Waals surface area contributed by atoms with Crippen molar-refractivity contribution in [3.8, 4) is 67.0 Å². The summed E-state index contributed by atoms with van der Waals surface area (Å²) in [6.07, 6.45) is 0. The minimum atomic E-state index is 0.878. The second-order valence-electron chi connectivity index (χ2n) is 16.9. The first-order chi connectivity index (χ1) is 32.7. The van der Waals surface area contributed by atoms with E-state index in [9.17, 15) is 0 Å². The zero-order valence-corrected chi connectivity index (χ0v) is 36.2. The van der Waals surface area contributed by atoms with Gasteiger partial charge in [0.1, 0.15) is 11.3 Å². The van der Waals surface area contributed by atoms with Crippen LogP contribution in [0.3, 0.4) is 0 Å². The van der Waals surface area contributed by atoms with Crippen molar-refractivity contribution in [1.82, 2.24) is 0 Å². The molecule has 1 heterocycles. The average molecular weight is 842 g/mol. The molecule has 0 aliphatic carbocycles. The lowest BCUT2D eigenvalue weighted by atomic mass is 9.96. The maximum absolute atomic E-state index is 6.60. The van der Waals surface area contributed by atoms with E-state index in [0.717, 1.165) is 61.6 Å². The Morgan fingerprint density at radius 3 is 1.23 bits per heavy atom. The quantitative estimate of drug-likeness (QED) is 0.144. The topological polar surface area (TPSA) is 16.4 Å². The minimum absolute atomic E-state index is 0.878. The van der Waals surface area contributed by atoms with Crippen LogP contribution in [-0.2, 0) is 0 Å². The summed E-state index contributed by atoms with van der Waals surface area (Å²) < 4.78 is 6.60. The Labute approximate surface area is 384 Å². The number of nitrogens with zero attached hydrogens (tertiary/aromatic N) is 1. The normalized spacial score (nSPS) is 11.3. The molecule has 11 aromatic carbocycles. The van der Waals surface area contributed by atoms with Crippen molar-refractivity contribution in [1.29, 1.82) is 0 Å². The van der Waals surface area contributed by atoms with Crippen LogP contribution < -0.4 is 4.90 Å². The summed E-state index contributed by atoms with van der Waals surface area (Å²) in [6.45, 7) is 0. The molecule has 0 saturated heterocycles. The van der Waals surface area contributed by atoms with E-state index in [4.69, 9.17) is 4.42 Å². The van der Waals surface area contributed by atoms with Crippen LogP contribution in [-0.4, -0.2) is 0 Å². The van der Waals surface area contributed by atoms with E-state index >= 15 is 0 Å². The fourth-order valence-corrected chi connectivity index (χ4v) is 9.62. The van der Waals surface area contributed by atoms with Gasteiger partial charge in [0, 0.05) is 33.6 Å². The number of benzene rings is 11. The third kappa shape index (κ3) is 7.21. The Bertz CT molecular complexity index is 3650. The van der Waals surface area contributed by atoms with Crippen LogP contribution in [0.15, 0.2) is 265 Å². The number of fused-ring (bicyclic) bond motifs is 3. The molecular formula is C64H43NO. The van der Waals surface area contributed by atoms with Gasteiger partial charge in [-0.25, -0.2) is 0 Å². The molecular weight excluding hydrogens is 799 g/mol. The van der Waals surface area contributed by atoms with Crippen molar-refractivity contribution in [2.75, 3.05) is 4.90 Å². The van der Waals surface area contributed by atoms with E-state index in [1.807, 2.05) is 6.07 Å². The highest BCUT2D eigenvalue weighted by Gasteiger charge is 2.19. The number of rotatable bonds is 9. The molecule has 0 aliphatic heterocycles. The predicted molar refractivity (Wildman–Crippen MR) is 279 cm³/mol. The van der Waals surface area contributed by atoms with Crippen molar-refractivity contribution < 1.29 is 4.42 Å². The molecule has 0 fully saturated rings. The van der Waals surface area contributed by atoms with Gasteiger partial charge < -0.3 is 9.32 Å². The van der Waals surface area contributed by atoms with Gasteiger partial charge in [-0.15, -0.1) is 0 Å². The first-order valence-electron chi connectivity index (χ1n) is 22.6. The van der Waals surface area contributed by atoms with Gasteiger partial charge in [0.05, 0.1) is 0 Å². The highest BCUT2D eigenvalue weighted by atomic mass is 16.3. The van der Waals surface area contributed by atoms with Crippen LogP contribution >= 0.6 is 0 Å². The summed E-state index contributed by atoms with van der Waals surface area (Å²) >= 11 is 0. The molecule has 0 unspecified atom stereocenters. The number of para-hydroxylation sites is 1. The van der Waals surface area contributed by atoms with Gasteiger partial charge in [-0.3, -0.25) is 0 Å². The summed E-state index contributed by atoms with van der Waals surface area (Å²) in [4.78, 5) is 2.35. The lowest BCUT2D eigenvalue weighted by molar-refractivity contribution is 0.632. The second-order valence-corrected chi connectivity index (χ2v) is 16.9. The maximum Gasteiger partial charge on any atom is 0.143 e. The highest BCUT2D eigenvalue weighted by Crippen LogP contribution is 2.43. The van der Waals surface area contributed by atoms with Crippen molar-refractivity contribution in [2.24, 2.45) is 0 Å². The maximum atomic E-state index is 6.60. The number of furan rings is 1. The van der Waals surface area contributed by atoms with Gasteiger partial charge in [0.2, 0.25) is 0 Å². The summed E-state index contributed by atoms with van der Waals surface area (Å²) in [6, 6.07) is 93.6. The van der Waals surface area contributed by atoms with Gasteiger partial charge in [0.25, 0.3) is 0 Å². The average Bonchev–Trinajstić information content (AvgIpc) is 3.79. The van der Waals surface area contributed by atoms with Gasteiger partial charge in [0.15, 0.2) is 0 Å². The van der Waals surface area contributed by atoms with Gasteiger partial charge in [-0.1, -0.05) is 212 Å². The first-order valence-corrected chi connectivity index (χ1v) is 22.6. The number of hydrogen-bond acceptors (Lipinski definition) is 2. The lowest BCUT2D eigenvalue weighted by Crippen LogP contribution is -2.09. The fourth-order valence-electron chi connectivity index (χ4n) is 9.62. The van der Waals surface area contributed by atoms with Crippen molar-refractivity contribution in [2.45, 2.75) is 0 Å². The first kappa shape index (κ1) is 38.9. The van der Waals surface area contributed by atoms with E-state index in [1.54, 1.807) is 0 Å². The van der Waals surface area contributed by atoms with E-state index in [-0.39, 0.29) is 0 Å². The molecule has 1 aromatic heterocycles. The van der Waals surface area contributed by atoms with Crippen LogP contribution in [0.4, 0.5) is 17.1 Å². The Morgan fingerprint density at radius 1 is 0.258 bits per heavy atom. The third-order valence-corrected chi connectivity index (χ3v) is 12.9. The molecule has 12 aromatic rings. The Hall–Kier alpha value is -8.72. The molecule has 0 aliphatic rings. The fraction of sp³-hybridized carbons (Fsp3) is 0. The molecule has 0 radical (unpaired) electrons. The largest absolute Gasteiger partial charge is 0.455 e. The van der Waals surface area contributed by atoms with E-state index in [2.05, 4.69) is 260 Å². The molecule has 0 spiro atoms. The monoisotopic (exact) mass is 841 g/mol. The molecule has 0 bridgehead atoms. The van der Waals surface area contributed by atoms with Gasteiger partial charge >= 0.3 is 0 Å². The standard InChI is InChI=1S/C64H43NO/c1-2-15-51(16-3-1)63-61-23-8-9-26-62(61)66-64(63)53-20-10-19-52(43-53)46-33-39-55(40-34-46)65(56-41-35-50(36-42-56)60-25-12-18-48-14-5-7-22-58(48)60)54-37-31-45(32-38-54)44-27-29-49(30-28-44)59-24-11-17-47-13-4-6-21-57(47)59/h1-43H. The van der Waals surface area contributed by atoms with Gasteiger partial charge in [-0.2, -0.15) is 0 Å². The Balaban J connectivity index is 0.891. The Kier molecular flexibility index (Phi) is 9.89. The molecule has 0 saturated carbocycles. The van der Waals surface area contributed by atoms with Crippen LogP contribution in [0.25, 0.3) is 99.5 Å². The van der Waals surface area contributed by atoms with Gasteiger partial charge in [-0.05, 0) is 120 Å². The molecule has 310 valence electrons. The molecule has 2 nitrogen and oxygen atoms in total. The number of hydrogen-bond donors (Lipinski definition) is 0. The Morgan fingerprint density at radius 2 is 0.652 bits per heavy atom. The minimum Gasteiger partial charge on any atom is -0.455 e. The second kappa shape index (κ2) is 16.8. The predicted octanol–water partition coefficient (Wildman–Crippen LogP) is 18.2. The summed E-state index contributed by atoms with van der Waals surface area (Å²) in [5.41, 5.74) is 16.9. The van der Waals surface area contributed by atoms with Crippen molar-refractivity contribution in [3.63, 3.8) is 0 Å². The third-order valence-electron chi connectivity index (χ3n) is 12.9. The molecule has 0 atom stereocenters. The zero-order chi connectivity index (χ0) is 43.8. The molecule has 66 heavy (non-hydrogen) atoms. The summed E-state index contributed by atoms with van der Waals surface area (Å²) in [5, 5.41) is 6.12. The van der Waals surface area contributed by atoms with Crippen LogP contribution in [0.1, 0.15) is 0 Å². The smallest absolute Gasteiger partial charge is 0.143 e. The molecule has 12 rings (SSSR count). The highest BCUT2D eigenvalue weighted by molar-refractivity contribution is 6.02. The van der Waals surface area contributed by atoms with Crippen LogP contribution in [0.2, 0.25) is 0 Å². The van der Waals surface area contributed by atoms with Crippen molar-refractivity contribution in [3.05, 3.63) is 261 Å². The van der Waals surface area contributed by atoms with Crippen molar-refractivity contribution >= 4 is 49.6 Å². The number of anilines is 3.